The van der Waals surface area contributed by atoms with E-state index in [4.69, 9.17) is 9.47 Å². The van der Waals surface area contributed by atoms with Gasteiger partial charge in [-0.25, -0.2) is 5.01 Å². The minimum Gasteiger partial charge on any atom is -0.493 e. The summed E-state index contributed by atoms with van der Waals surface area (Å²) in [6.45, 7) is 0.844. The number of likely N-dealkylation sites (N-methyl/N-ethyl adjacent to an activating group) is 1. The van der Waals surface area contributed by atoms with E-state index in [0.717, 1.165) is 25.8 Å². The molecule has 2 aliphatic heterocycles. The SMILES string of the molecule is COc1ccc(NC(=O)C2CCC3C(C2)N(C)C(=O)C2CCNN23)cc1OC. The van der Waals surface area contributed by atoms with Crippen LogP contribution in [0.15, 0.2) is 18.2 Å². The largest absolute Gasteiger partial charge is 0.493 e. The number of nitrogens with zero attached hydrogens (tertiary/aromatic N) is 2. The third kappa shape index (κ3) is 3.20. The van der Waals surface area contributed by atoms with Crippen LogP contribution in [0.3, 0.4) is 0 Å². The first-order valence-electron chi connectivity index (χ1n) is 9.85. The minimum atomic E-state index is -0.122. The van der Waals surface area contributed by atoms with Crippen molar-refractivity contribution in [3.05, 3.63) is 18.2 Å². The number of anilines is 1. The Morgan fingerprint density at radius 2 is 1.93 bits per heavy atom. The predicted octanol–water partition coefficient (Wildman–Crippen LogP) is 1.23. The molecule has 8 heteroatoms. The summed E-state index contributed by atoms with van der Waals surface area (Å²) in [5, 5.41) is 5.15. The summed E-state index contributed by atoms with van der Waals surface area (Å²) in [7, 11) is 5.03. The van der Waals surface area contributed by atoms with E-state index in [-0.39, 0.29) is 35.9 Å². The van der Waals surface area contributed by atoms with E-state index >= 15 is 0 Å². The number of fused-ring (bicyclic) bond motifs is 3. The van der Waals surface area contributed by atoms with Gasteiger partial charge in [-0.1, -0.05) is 0 Å². The van der Waals surface area contributed by atoms with Gasteiger partial charge in [0.1, 0.15) is 6.04 Å². The Hall–Kier alpha value is -2.32. The maximum atomic E-state index is 12.9. The van der Waals surface area contributed by atoms with E-state index < -0.39 is 0 Å². The van der Waals surface area contributed by atoms with E-state index in [1.807, 2.05) is 11.9 Å². The summed E-state index contributed by atoms with van der Waals surface area (Å²) in [5.74, 6) is 1.22. The van der Waals surface area contributed by atoms with Crippen molar-refractivity contribution in [2.45, 2.75) is 43.8 Å². The van der Waals surface area contributed by atoms with Gasteiger partial charge in [0.05, 0.1) is 14.2 Å². The zero-order valence-electron chi connectivity index (χ0n) is 16.6. The zero-order chi connectivity index (χ0) is 19.8. The first-order valence-corrected chi connectivity index (χ1v) is 9.85. The van der Waals surface area contributed by atoms with Crippen LogP contribution in [0.5, 0.6) is 11.5 Å². The van der Waals surface area contributed by atoms with Gasteiger partial charge in [0.2, 0.25) is 11.8 Å². The number of hydrogen-bond donors (Lipinski definition) is 2. The first kappa shape index (κ1) is 19.0. The molecule has 2 amide bonds. The van der Waals surface area contributed by atoms with Crippen LogP contribution >= 0.6 is 0 Å². The molecule has 2 N–H and O–H groups in total. The Bertz CT molecular complexity index is 771. The normalized spacial score (nSPS) is 29.8. The summed E-state index contributed by atoms with van der Waals surface area (Å²) in [5.41, 5.74) is 4.06. The van der Waals surface area contributed by atoms with Crippen LogP contribution in [0.25, 0.3) is 0 Å². The number of piperazine rings is 1. The zero-order valence-corrected chi connectivity index (χ0v) is 16.6. The van der Waals surface area contributed by atoms with Gasteiger partial charge in [0, 0.05) is 43.3 Å². The van der Waals surface area contributed by atoms with Gasteiger partial charge < -0.3 is 19.7 Å². The molecule has 0 bridgehead atoms. The molecule has 4 atom stereocenters. The molecule has 3 aliphatic rings. The number of carbonyl (C=O) groups excluding carboxylic acids is 2. The molecule has 152 valence electrons. The van der Waals surface area contributed by atoms with Gasteiger partial charge in [0.25, 0.3) is 0 Å². The number of amides is 2. The van der Waals surface area contributed by atoms with Crippen LogP contribution in [-0.4, -0.2) is 67.7 Å². The number of benzene rings is 1. The van der Waals surface area contributed by atoms with Crippen LogP contribution in [0, 0.1) is 5.92 Å². The highest BCUT2D eigenvalue weighted by Crippen LogP contribution is 2.37. The summed E-state index contributed by atoms with van der Waals surface area (Å²) in [6.07, 6.45) is 3.25. The number of methoxy groups -OCH3 is 2. The average molecular weight is 388 g/mol. The van der Waals surface area contributed by atoms with Gasteiger partial charge >= 0.3 is 0 Å². The summed E-state index contributed by atoms with van der Waals surface area (Å²) in [6, 6.07) is 5.63. The predicted molar refractivity (Wildman–Crippen MR) is 104 cm³/mol. The molecule has 2 heterocycles. The highest BCUT2D eigenvalue weighted by Gasteiger charge is 2.50. The minimum absolute atomic E-state index is 0.0111. The molecule has 0 aromatic heterocycles. The van der Waals surface area contributed by atoms with Gasteiger partial charge in [-0.05, 0) is 37.8 Å². The third-order valence-electron chi connectivity index (χ3n) is 6.34. The van der Waals surface area contributed by atoms with Crippen LogP contribution in [-0.2, 0) is 9.59 Å². The second kappa shape index (κ2) is 7.60. The molecule has 1 aromatic carbocycles. The van der Waals surface area contributed by atoms with Crippen LogP contribution in [0.2, 0.25) is 0 Å². The molecule has 4 rings (SSSR count). The summed E-state index contributed by atoms with van der Waals surface area (Å²) < 4.78 is 10.5. The maximum Gasteiger partial charge on any atom is 0.241 e. The van der Waals surface area contributed by atoms with Crippen molar-refractivity contribution in [3.8, 4) is 11.5 Å². The van der Waals surface area contributed by atoms with Crippen molar-refractivity contribution >= 4 is 17.5 Å². The highest BCUT2D eigenvalue weighted by atomic mass is 16.5. The highest BCUT2D eigenvalue weighted by molar-refractivity contribution is 5.93. The van der Waals surface area contributed by atoms with Crippen LogP contribution in [0.4, 0.5) is 5.69 Å². The number of rotatable bonds is 4. The Morgan fingerprint density at radius 1 is 1.14 bits per heavy atom. The van der Waals surface area contributed by atoms with Crippen molar-refractivity contribution in [1.82, 2.24) is 15.3 Å². The summed E-state index contributed by atoms with van der Waals surface area (Å²) in [4.78, 5) is 27.4. The molecule has 4 unspecified atom stereocenters. The quantitative estimate of drug-likeness (QED) is 0.807. The molecule has 2 saturated heterocycles. The van der Waals surface area contributed by atoms with E-state index in [2.05, 4.69) is 15.8 Å². The molecular weight excluding hydrogens is 360 g/mol. The fourth-order valence-electron chi connectivity index (χ4n) is 4.84. The smallest absolute Gasteiger partial charge is 0.241 e. The Morgan fingerprint density at radius 3 is 2.68 bits per heavy atom. The van der Waals surface area contributed by atoms with Gasteiger partial charge in [0.15, 0.2) is 11.5 Å². The Labute approximate surface area is 165 Å². The van der Waals surface area contributed by atoms with E-state index in [1.54, 1.807) is 32.4 Å². The van der Waals surface area contributed by atoms with E-state index in [0.29, 0.717) is 23.6 Å². The standard InChI is InChI=1S/C20H28N4O4/c1-23-16-10-12(4-6-14(16)24-15(20(23)26)8-9-21-24)19(25)22-13-5-7-17(27-2)18(11-13)28-3/h5,7,11-12,14-16,21H,4,6,8-10H2,1-3H3,(H,22,25). The number of hydrogen-bond acceptors (Lipinski definition) is 6. The van der Waals surface area contributed by atoms with Crippen molar-refractivity contribution < 1.29 is 19.1 Å². The first-order chi connectivity index (χ1) is 13.5. The number of nitrogens with one attached hydrogen (secondary N) is 2. The Balaban J connectivity index is 1.45. The van der Waals surface area contributed by atoms with Crippen molar-refractivity contribution in [2.75, 3.05) is 33.1 Å². The lowest BCUT2D eigenvalue weighted by atomic mass is 9.79. The van der Waals surface area contributed by atoms with E-state index in [1.165, 1.54) is 0 Å². The van der Waals surface area contributed by atoms with Gasteiger partial charge in [-0.15, -0.1) is 0 Å². The molecule has 1 saturated carbocycles. The molecule has 0 radical (unpaired) electrons. The number of ether oxygens (including phenoxy) is 2. The van der Waals surface area contributed by atoms with E-state index in [9.17, 15) is 9.59 Å². The van der Waals surface area contributed by atoms with Crippen molar-refractivity contribution in [2.24, 2.45) is 5.92 Å². The topological polar surface area (TPSA) is 83.1 Å². The molecule has 1 aromatic rings. The van der Waals surface area contributed by atoms with Crippen molar-refractivity contribution in [1.29, 1.82) is 0 Å². The monoisotopic (exact) mass is 388 g/mol. The number of carbonyl (C=O) groups is 2. The average Bonchev–Trinajstić information content (AvgIpc) is 3.21. The molecule has 28 heavy (non-hydrogen) atoms. The number of hydrazine groups is 1. The molecule has 3 fully saturated rings. The van der Waals surface area contributed by atoms with Crippen LogP contribution in [0.1, 0.15) is 25.7 Å². The molecule has 1 aliphatic carbocycles. The van der Waals surface area contributed by atoms with Crippen molar-refractivity contribution in [3.63, 3.8) is 0 Å². The lowest BCUT2D eigenvalue weighted by Crippen LogP contribution is -2.67. The van der Waals surface area contributed by atoms with Gasteiger partial charge in [-0.3, -0.25) is 15.0 Å². The lowest BCUT2D eigenvalue weighted by molar-refractivity contribution is -0.153. The lowest BCUT2D eigenvalue weighted by Gasteiger charge is -2.50. The molecular formula is C20H28N4O4. The third-order valence-corrected chi connectivity index (χ3v) is 6.34. The molecule has 0 spiro atoms. The van der Waals surface area contributed by atoms with Crippen LogP contribution < -0.4 is 20.2 Å². The maximum absolute atomic E-state index is 12.9. The fraction of sp³-hybridized carbons (Fsp3) is 0.600. The van der Waals surface area contributed by atoms with Gasteiger partial charge in [-0.2, -0.15) is 0 Å². The Kier molecular flexibility index (Phi) is 5.16. The fourth-order valence-corrected chi connectivity index (χ4v) is 4.84. The molecule has 8 nitrogen and oxygen atoms in total. The second-order valence-corrected chi connectivity index (χ2v) is 7.77. The second-order valence-electron chi connectivity index (χ2n) is 7.77. The summed E-state index contributed by atoms with van der Waals surface area (Å²) >= 11 is 0.